The van der Waals surface area contributed by atoms with Gasteiger partial charge >= 0.3 is 162 Å². The monoisotopic (exact) mass is 485 g/mol. The van der Waals surface area contributed by atoms with Crippen molar-refractivity contribution in [3.05, 3.63) is 0 Å². The normalized spacial score (nSPS) is 12.5. The van der Waals surface area contributed by atoms with Crippen molar-refractivity contribution < 1.29 is 0 Å². The predicted octanol–water partition coefficient (Wildman–Crippen LogP) is 12.2. The van der Waals surface area contributed by atoms with Crippen LogP contribution in [0.25, 0.3) is 0 Å². The molecule has 0 N–H and O–H groups in total. The summed E-state index contributed by atoms with van der Waals surface area (Å²) in [6, 6.07) is 0. The van der Waals surface area contributed by atoms with Gasteiger partial charge in [0.25, 0.3) is 0 Å². The molecule has 0 unspecified atom stereocenters. The molecule has 0 saturated carbocycles. The van der Waals surface area contributed by atoms with Gasteiger partial charge in [0.15, 0.2) is 0 Å². The van der Waals surface area contributed by atoms with Crippen LogP contribution in [0.4, 0.5) is 0 Å². The van der Waals surface area contributed by atoms with Gasteiger partial charge in [-0.05, 0) is 0 Å². The zero-order chi connectivity index (χ0) is 24.3. The van der Waals surface area contributed by atoms with E-state index in [1.54, 1.807) is 31.1 Å². The molecule has 0 nitrogen and oxygen atoms in total. The topological polar surface area (TPSA) is 0 Å². The van der Waals surface area contributed by atoms with Crippen LogP contribution in [0.2, 0.25) is 0 Å². The van der Waals surface area contributed by atoms with Gasteiger partial charge in [-0.2, -0.15) is 0 Å². The Labute approximate surface area is 213 Å². The molecule has 202 valence electrons. The molecule has 0 aliphatic rings. The average Bonchev–Trinajstić information content (AvgIpc) is 2.83. The van der Waals surface area contributed by atoms with Crippen molar-refractivity contribution in [3.63, 3.8) is 0 Å². The molecule has 0 atom stereocenters. The molecule has 0 rings (SSSR count). The zero-order valence-electron chi connectivity index (χ0n) is 24.3. The van der Waals surface area contributed by atoms with Gasteiger partial charge in [-0.3, -0.25) is 0 Å². The molecule has 0 aromatic heterocycles. The first-order valence-corrected chi connectivity index (χ1v) is 19.1. The Bertz CT molecular complexity index is 329. The van der Waals surface area contributed by atoms with Gasteiger partial charge in [0.05, 0.1) is 0 Å². The first-order valence-electron chi connectivity index (χ1n) is 16.2. The summed E-state index contributed by atoms with van der Waals surface area (Å²) in [5.41, 5.74) is 0. The summed E-state index contributed by atoms with van der Waals surface area (Å²) in [6.45, 7) is 9.50. The molecule has 0 heterocycles. The van der Waals surface area contributed by atoms with Crippen LogP contribution in [0.5, 0.6) is 0 Å². The van der Waals surface area contributed by atoms with Crippen molar-refractivity contribution in [3.8, 4) is 0 Å². The van der Waals surface area contributed by atoms with Crippen molar-refractivity contribution in [2.24, 2.45) is 0 Å². The maximum absolute atomic E-state index is 2.40. The van der Waals surface area contributed by atoms with Crippen molar-refractivity contribution in [2.75, 3.05) is 24.6 Å². The quantitative estimate of drug-likeness (QED) is 0.0764. The van der Waals surface area contributed by atoms with E-state index in [0.29, 0.717) is 0 Å². The van der Waals surface area contributed by atoms with Crippen LogP contribution < -0.4 is 0 Å². The fourth-order valence-electron chi connectivity index (χ4n) is 5.81. The van der Waals surface area contributed by atoms with Gasteiger partial charge in [-0.1, -0.05) is 51.9 Å². The Morgan fingerprint density at radius 3 is 0.727 bits per heavy atom. The van der Waals surface area contributed by atoms with Gasteiger partial charge in [0.2, 0.25) is 0 Å². The average molecular weight is 485 g/mol. The molecule has 0 aliphatic carbocycles. The van der Waals surface area contributed by atoms with E-state index in [1.165, 1.54) is 148 Å². The van der Waals surface area contributed by atoms with Gasteiger partial charge in [0, 0.05) is 0 Å². The van der Waals surface area contributed by atoms with E-state index in [1.807, 2.05) is 0 Å². The Morgan fingerprint density at radius 2 is 0.455 bits per heavy atom. The molecule has 0 aromatic rings. The second-order valence-electron chi connectivity index (χ2n) is 11.6. The molecular formula is C32H69P. The summed E-state index contributed by atoms with van der Waals surface area (Å²) < 4.78 is 0. The van der Waals surface area contributed by atoms with E-state index >= 15 is 0 Å². The fourth-order valence-corrected chi connectivity index (χ4v) is 11.6. The molecule has 1 heteroatoms. The van der Waals surface area contributed by atoms with Crippen LogP contribution in [0.3, 0.4) is 0 Å². The Morgan fingerprint density at radius 1 is 0.242 bits per heavy atom. The number of rotatable bonds is 28. The summed E-state index contributed by atoms with van der Waals surface area (Å²) in [4.78, 5) is 0. The standard InChI is InChI=1S/C32H69P/c1-5-9-13-14-15-16-17-18-19-20-21-22-23-24-25-26-27-28-32-33(29-10-6-2,30-11-7-3)31-12-8-4/h33H,5-32H2,1-4H3. The number of unbranched alkanes of at least 4 members (excludes halogenated alkanes) is 20. The Hall–Kier alpha value is 0.430. The molecular weight excluding hydrogens is 415 g/mol. The second kappa shape index (κ2) is 27.0. The van der Waals surface area contributed by atoms with Crippen LogP contribution in [-0.2, 0) is 0 Å². The van der Waals surface area contributed by atoms with Crippen molar-refractivity contribution in [1.82, 2.24) is 0 Å². The van der Waals surface area contributed by atoms with Crippen LogP contribution in [0, 0.1) is 0 Å². The molecule has 0 radical (unpaired) electrons. The summed E-state index contributed by atoms with van der Waals surface area (Å²) in [5, 5.41) is 0. The maximum atomic E-state index is 2.40. The van der Waals surface area contributed by atoms with Gasteiger partial charge in [0.1, 0.15) is 0 Å². The third-order valence-corrected chi connectivity index (χ3v) is 13.9. The SMILES string of the molecule is CCCCCCCCCCCCCCCCCCCC[PH](CCCC)(CCCC)CCCC. The van der Waals surface area contributed by atoms with Crippen LogP contribution in [-0.4, -0.2) is 24.6 Å². The minimum absolute atomic E-state index is 0.969. The summed E-state index contributed by atoms with van der Waals surface area (Å²) in [7, 11) is -0.969. The van der Waals surface area contributed by atoms with E-state index in [4.69, 9.17) is 0 Å². The molecule has 33 heavy (non-hydrogen) atoms. The molecule has 0 aromatic carbocycles. The first-order chi connectivity index (χ1) is 16.2. The number of hydrogen-bond donors (Lipinski definition) is 0. The second-order valence-corrected chi connectivity index (χ2v) is 16.6. The van der Waals surface area contributed by atoms with E-state index in [9.17, 15) is 0 Å². The van der Waals surface area contributed by atoms with Crippen LogP contribution >= 0.6 is 7.26 Å². The summed E-state index contributed by atoms with van der Waals surface area (Å²) >= 11 is 0. The summed E-state index contributed by atoms with van der Waals surface area (Å²) in [6.07, 6.45) is 42.2. The summed E-state index contributed by atoms with van der Waals surface area (Å²) in [5.74, 6) is 0. The van der Waals surface area contributed by atoms with Gasteiger partial charge in [-0.15, -0.1) is 0 Å². The molecule has 0 saturated heterocycles. The van der Waals surface area contributed by atoms with Crippen molar-refractivity contribution >= 4 is 7.26 Å². The van der Waals surface area contributed by atoms with E-state index in [-0.39, 0.29) is 0 Å². The Kier molecular flexibility index (Phi) is 27.4. The van der Waals surface area contributed by atoms with Crippen molar-refractivity contribution in [2.45, 2.75) is 182 Å². The van der Waals surface area contributed by atoms with E-state index in [0.717, 1.165) is 0 Å². The molecule has 0 aliphatic heterocycles. The fraction of sp³-hybridized carbons (Fsp3) is 1.00. The predicted molar refractivity (Wildman–Crippen MR) is 161 cm³/mol. The van der Waals surface area contributed by atoms with Crippen LogP contribution in [0.15, 0.2) is 0 Å². The van der Waals surface area contributed by atoms with Crippen molar-refractivity contribution in [1.29, 1.82) is 0 Å². The van der Waals surface area contributed by atoms with Gasteiger partial charge in [-0.25, -0.2) is 0 Å². The number of hydrogen-bond acceptors (Lipinski definition) is 0. The van der Waals surface area contributed by atoms with E-state index in [2.05, 4.69) is 27.7 Å². The minimum atomic E-state index is -0.969. The zero-order valence-corrected chi connectivity index (χ0v) is 25.3. The van der Waals surface area contributed by atoms with E-state index < -0.39 is 7.26 Å². The molecule has 0 amide bonds. The molecule has 0 bridgehead atoms. The first kappa shape index (κ1) is 33.4. The Balaban J connectivity index is 3.63. The third-order valence-electron chi connectivity index (χ3n) is 8.24. The third kappa shape index (κ3) is 22.6. The molecule has 0 fully saturated rings. The van der Waals surface area contributed by atoms with Gasteiger partial charge < -0.3 is 0 Å². The molecule has 0 spiro atoms. The van der Waals surface area contributed by atoms with Crippen LogP contribution in [0.1, 0.15) is 182 Å².